The van der Waals surface area contributed by atoms with Gasteiger partial charge in [0.15, 0.2) is 0 Å². The Morgan fingerprint density at radius 3 is 2.68 bits per heavy atom. The minimum Gasteiger partial charge on any atom is -0.507 e. The predicted octanol–water partition coefficient (Wildman–Crippen LogP) is 2.20. The SMILES string of the molecule is CN(Cc1ccncc1)C(=O)c1cc(F)ccc1O. The first-order valence-electron chi connectivity index (χ1n) is 5.71. The molecule has 1 aromatic heterocycles. The van der Waals surface area contributed by atoms with Gasteiger partial charge in [0.25, 0.3) is 5.91 Å². The van der Waals surface area contributed by atoms with Gasteiger partial charge in [0.1, 0.15) is 11.6 Å². The smallest absolute Gasteiger partial charge is 0.257 e. The van der Waals surface area contributed by atoms with Gasteiger partial charge >= 0.3 is 0 Å². The van der Waals surface area contributed by atoms with Gasteiger partial charge in [-0.25, -0.2) is 4.39 Å². The number of benzene rings is 1. The number of carbonyl (C=O) groups is 1. The van der Waals surface area contributed by atoms with Gasteiger partial charge in [0, 0.05) is 26.0 Å². The topological polar surface area (TPSA) is 53.4 Å². The number of amides is 1. The van der Waals surface area contributed by atoms with Crippen molar-refractivity contribution < 1.29 is 14.3 Å². The highest BCUT2D eigenvalue weighted by atomic mass is 19.1. The lowest BCUT2D eigenvalue weighted by Gasteiger charge is -2.17. The van der Waals surface area contributed by atoms with Crippen molar-refractivity contribution in [2.75, 3.05) is 7.05 Å². The summed E-state index contributed by atoms with van der Waals surface area (Å²) >= 11 is 0. The maximum absolute atomic E-state index is 13.1. The normalized spacial score (nSPS) is 10.2. The highest BCUT2D eigenvalue weighted by molar-refractivity contribution is 5.96. The quantitative estimate of drug-likeness (QED) is 0.920. The maximum atomic E-state index is 13.1. The first-order chi connectivity index (χ1) is 9.08. The van der Waals surface area contributed by atoms with E-state index in [1.165, 1.54) is 11.0 Å². The van der Waals surface area contributed by atoms with Crippen LogP contribution in [-0.2, 0) is 6.54 Å². The molecule has 0 spiro atoms. The molecule has 2 rings (SSSR count). The lowest BCUT2D eigenvalue weighted by molar-refractivity contribution is 0.0781. The van der Waals surface area contributed by atoms with Crippen molar-refractivity contribution in [1.29, 1.82) is 0 Å². The van der Waals surface area contributed by atoms with Crippen molar-refractivity contribution in [2.24, 2.45) is 0 Å². The average molecular weight is 260 g/mol. The van der Waals surface area contributed by atoms with Gasteiger partial charge in [-0.15, -0.1) is 0 Å². The lowest BCUT2D eigenvalue weighted by atomic mass is 10.1. The van der Waals surface area contributed by atoms with E-state index in [1.54, 1.807) is 31.6 Å². The van der Waals surface area contributed by atoms with Gasteiger partial charge < -0.3 is 10.0 Å². The van der Waals surface area contributed by atoms with Crippen molar-refractivity contribution >= 4 is 5.91 Å². The van der Waals surface area contributed by atoms with Gasteiger partial charge in [0.2, 0.25) is 0 Å². The maximum Gasteiger partial charge on any atom is 0.257 e. The molecule has 4 nitrogen and oxygen atoms in total. The second-order valence-corrected chi connectivity index (χ2v) is 4.18. The molecule has 5 heteroatoms. The van der Waals surface area contributed by atoms with Crippen LogP contribution in [0.3, 0.4) is 0 Å². The number of aromatic hydroxyl groups is 1. The molecule has 0 unspecified atom stereocenters. The molecule has 0 radical (unpaired) electrons. The Morgan fingerprint density at radius 2 is 2.00 bits per heavy atom. The number of hydrogen-bond acceptors (Lipinski definition) is 3. The number of halogens is 1. The van der Waals surface area contributed by atoms with Crippen LogP contribution in [0.2, 0.25) is 0 Å². The van der Waals surface area contributed by atoms with Crippen LogP contribution in [0.5, 0.6) is 5.75 Å². The van der Waals surface area contributed by atoms with Crippen molar-refractivity contribution in [3.63, 3.8) is 0 Å². The number of phenols is 1. The molecule has 0 fully saturated rings. The summed E-state index contributed by atoms with van der Waals surface area (Å²) < 4.78 is 13.1. The Bertz CT molecular complexity index is 587. The Kier molecular flexibility index (Phi) is 3.75. The number of hydrogen-bond donors (Lipinski definition) is 1. The zero-order valence-electron chi connectivity index (χ0n) is 10.4. The number of pyridine rings is 1. The van der Waals surface area contributed by atoms with Gasteiger partial charge in [-0.3, -0.25) is 9.78 Å². The molecule has 0 aliphatic heterocycles. The fraction of sp³-hybridized carbons (Fsp3) is 0.143. The second kappa shape index (κ2) is 5.48. The van der Waals surface area contributed by atoms with Crippen LogP contribution < -0.4 is 0 Å². The molecule has 0 saturated carbocycles. The fourth-order valence-electron chi connectivity index (χ4n) is 1.72. The molecule has 0 atom stereocenters. The summed E-state index contributed by atoms with van der Waals surface area (Å²) in [6, 6.07) is 6.88. The largest absolute Gasteiger partial charge is 0.507 e. The molecular weight excluding hydrogens is 247 g/mol. The van der Waals surface area contributed by atoms with Crippen molar-refractivity contribution in [2.45, 2.75) is 6.54 Å². The predicted molar refractivity (Wildman–Crippen MR) is 68.1 cm³/mol. The number of nitrogens with zero attached hydrogens (tertiary/aromatic N) is 2. The van der Waals surface area contributed by atoms with E-state index in [-0.39, 0.29) is 11.3 Å². The van der Waals surface area contributed by atoms with Crippen LogP contribution in [0, 0.1) is 5.82 Å². The molecule has 98 valence electrons. The molecule has 0 saturated heterocycles. The Morgan fingerprint density at radius 1 is 1.32 bits per heavy atom. The van der Waals surface area contributed by atoms with Crippen molar-refractivity contribution in [3.05, 3.63) is 59.7 Å². The summed E-state index contributed by atoms with van der Waals surface area (Å²) in [4.78, 5) is 17.4. The molecule has 1 heterocycles. The van der Waals surface area contributed by atoms with E-state index in [2.05, 4.69) is 4.98 Å². The van der Waals surface area contributed by atoms with Crippen LogP contribution in [0.4, 0.5) is 4.39 Å². The molecule has 19 heavy (non-hydrogen) atoms. The number of aromatic nitrogens is 1. The third kappa shape index (κ3) is 3.07. The molecule has 0 aliphatic carbocycles. The lowest BCUT2D eigenvalue weighted by Crippen LogP contribution is -2.26. The zero-order valence-corrected chi connectivity index (χ0v) is 10.4. The van der Waals surface area contributed by atoms with Crippen molar-refractivity contribution in [1.82, 2.24) is 9.88 Å². The fourth-order valence-corrected chi connectivity index (χ4v) is 1.72. The van der Waals surface area contributed by atoms with E-state index in [4.69, 9.17) is 0 Å². The third-order valence-electron chi connectivity index (χ3n) is 2.70. The molecule has 2 aromatic rings. The Hall–Kier alpha value is -2.43. The number of phenolic OH excluding ortho intramolecular Hbond substituents is 1. The number of rotatable bonds is 3. The average Bonchev–Trinajstić information content (AvgIpc) is 2.42. The summed E-state index contributed by atoms with van der Waals surface area (Å²) in [5, 5.41) is 9.60. The van der Waals surface area contributed by atoms with E-state index in [0.29, 0.717) is 6.54 Å². The molecule has 0 bridgehead atoms. The Labute approximate surface area is 110 Å². The van der Waals surface area contributed by atoms with E-state index in [1.807, 2.05) is 0 Å². The molecule has 1 aromatic carbocycles. The van der Waals surface area contributed by atoms with Crippen LogP contribution >= 0.6 is 0 Å². The third-order valence-corrected chi connectivity index (χ3v) is 2.70. The summed E-state index contributed by atoms with van der Waals surface area (Å²) in [5.74, 6) is -1.22. The van der Waals surface area contributed by atoms with Gasteiger partial charge in [0.05, 0.1) is 5.56 Å². The highest BCUT2D eigenvalue weighted by Gasteiger charge is 2.16. The Balaban J connectivity index is 2.17. The first kappa shape index (κ1) is 13.0. The summed E-state index contributed by atoms with van der Waals surface area (Å²) in [5.41, 5.74) is 0.860. The van der Waals surface area contributed by atoms with Crippen LogP contribution in [0.25, 0.3) is 0 Å². The van der Waals surface area contributed by atoms with E-state index in [9.17, 15) is 14.3 Å². The molecular formula is C14H13FN2O2. The summed E-state index contributed by atoms with van der Waals surface area (Å²) in [6.07, 6.45) is 3.26. The van der Waals surface area contributed by atoms with E-state index in [0.717, 1.165) is 17.7 Å². The molecule has 1 amide bonds. The van der Waals surface area contributed by atoms with Crippen LogP contribution in [0.1, 0.15) is 15.9 Å². The molecule has 1 N–H and O–H groups in total. The number of carbonyl (C=O) groups excluding carboxylic acids is 1. The van der Waals surface area contributed by atoms with Crippen LogP contribution in [0.15, 0.2) is 42.7 Å². The molecule has 0 aliphatic rings. The van der Waals surface area contributed by atoms with Crippen molar-refractivity contribution in [3.8, 4) is 5.75 Å². The van der Waals surface area contributed by atoms with Crippen LogP contribution in [-0.4, -0.2) is 27.9 Å². The monoisotopic (exact) mass is 260 g/mol. The minimum absolute atomic E-state index is 0.0449. The zero-order chi connectivity index (χ0) is 13.8. The van der Waals surface area contributed by atoms with Gasteiger partial charge in [-0.05, 0) is 35.9 Å². The van der Waals surface area contributed by atoms with Gasteiger partial charge in [-0.2, -0.15) is 0 Å². The minimum atomic E-state index is -0.557. The second-order valence-electron chi connectivity index (χ2n) is 4.18. The van der Waals surface area contributed by atoms with E-state index >= 15 is 0 Å². The summed E-state index contributed by atoms with van der Waals surface area (Å²) in [7, 11) is 1.59. The summed E-state index contributed by atoms with van der Waals surface area (Å²) in [6.45, 7) is 0.358. The van der Waals surface area contributed by atoms with Gasteiger partial charge in [-0.1, -0.05) is 0 Å². The highest BCUT2D eigenvalue weighted by Crippen LogP contribution is 2.20. The first-order valence-corrected chi connectivity index (χ1v) is 5.71. The standard InChI is InChI=1S/C14H13FN2O2/c1-17(9-10-4-6-16-7-5-10)14(19)12-8-11(15)2-3-13(12)18/h2-8,18H,9H2,1H3. The van der Waals surface area contributed by atoms with E-state index < -0.39 is 11.7 Å².